The molecule has 114 valence electrons. The number of ether oxygens (including phenoxy) is 1. The Morgan fingerprint density at radius 1 is 1.43 bits per heavy atom. The fourth-order valence-electron chi connectivity index (χ4n) is 3.58. The summed E-state index contributed by atoms with van der Waals surface area (Å²) in [5.41, 5.74) is -0.0680. The van der Waals surface area contributed by atoms with E-state index in [2.05, 4.69) is 9.88 Å². The van der Waals surface area contributed by atoms with Crippen molar-refractivity contribution in [3.05, 3.63) is 23.9 Å². The molecule has 1 aliphatic heterocycles. The summed E-state index contributed by atoms with van der Waals surface area (Å²) in [4.78, 5) is 17.2. The number of rotatable bonds is 3. The fourth-order valence-corrected chi connectivity index (χ4v) is 3.58. The minimum absolute atomic E-state index is 0.0613. The molecule has 6 heteroatoms. The highest BCUT2D eigenvalue weighted by molar-refractivity contribution is 5.85. The molecule has 0 aromatic carbocycles. The van der Waals surface area contributed by atoms with Crippen LogP contribution >= 0.6 is 0 Å². The standard InChI is InChI=1S/C15H20N2O4/c1-21-12-9-11(18)15(12)5-7-17(8-6-15)13-4-2-3-10(16-13)14(19)20/h2-4,11-12,18H,5-9H2,1H3,(H,19,20)/t11-,12+/m1/s1. The van der Waals surface area contributed by atoms with Crippen LogP contribution in [0.25, 0.3) is 0 Å². The number of anilines is 1. The minimum atomic E-state index is -1.01. The van der Waals surface area contributed by atoms with Crippen LogP contribution in [0.2, 0.25) is 0 Å². The Morgan fingerprint density at radius 2 is 2.14 bits per heavy atom. The molecule has 0 radical (unpaired) electrons. The van der Waals surface area contributed by atoms with Gasteiger partial charge in [-0.15, -0.1) is 0 Å². The van der Waals surface area contributed by atoms with Gasteiger partial charge in [-0.05, 0) is 25.0 Å². The van der Waals surface area contributed by atoms with Crippen molar-refractivity contribution in [3.8, 4) is 0 Å². The van der Waals surface area contributed by atoms with Gasteiger partial charge in [0.1, 0.15) is 5.82 Å². The Balaban J connectivity index is 1.71. The molecule has 1 saturated heterocycles. The molecule has 3 rings (SSSR count). The van der Waals surface area contributed by atoms with E-state index in [1.807, 2.05) is 6.07 Å². The Kier molecular flexibility index (Phi) is 3.59. The number of piperidine rings is 1. The second kappa shape index (κ2) is 5.27. The summed E-state index contributed by atoms with van der Waals surface area (Å²) in [6.45, 7) is 1.51. The van der Waals surface area contributed by atoms with E-state index >= 15 is 0 Å². The van der Waals surface area contributed by atoms with E-state index in [-0.39, 0.29) is 23.3 Å². The van der Waals surface area contributed by atoms with Crippen LogP contribution in [0, 0.1) is 5.41 Å². The molecule has 1 spiro atoms. The van der Waals surface area contributed by atoms with Gasteiger partial charge in [0.25, 0.3) is 0 Å². The Morgan fingerprint density at radius 3 is 2.71 bits per heavy atom. The minimum Gasteiger partial charge on any atom is -0.477 e. The van der Waals surface area contributed by atoms with Crippen molar-refractivity contribution in [2.45, 2.75) is 31.5 Å². The van der Waals surface area contributed by atoms with Gasteiger partial charge in [-0.3, -0.25) is 0 Å². The van der Waals surface area contributed by atoms with Gasteiger partial charge in [0.15, 0.2) is 5.69 Å². The lowest BCUT2D eigenvalue weighted by Crippen LogP contribution is -2.62. The molecule has 1 aliphatic carbocycles. The molecular weight excluding hydrogens is 272 g/mol. The zero-order valence-electron chi connectivity index (χ0n) is 12.0. The van der Waals surface area contributed by atoms with E-state index in [1.54, 1.807) is 13.2 Å². The normalized spacial score (nSPS) is 27.4. The summed E-state index contributed by atoms with van der Waals surface area (Å²) in [5.74, 6) is -0.327. The number of nitrogens with zero attached hydrogens (tertiary/aromatic N) is 2. The summed E-state index contributed by atoms with van der Waals surface area (Å²) >= 11 is 0. The number of aliphatic hydroxyl groups excluding tert-OH is 1. The highest BCUT2D eigenvalue weighted by atomic mass is 16.5. The SMILES string of the molecule is CO[C@H]1C[C@@H](O)C12CCN(c1cccc(C(=O)O)n1)CC2. The number of carbonyl (C=O) groups is 1. The van der Waals surface area contributed by atoms with Crippen molar-refractivity contribution in [3.63, 3.8) is 0 Å². The van der Waals surface area contributed by atoms with E-state index < -0.39 is 5.97 Å². The monoisotopic (exact) mass is 292 g/mol. The number of hydrogen-bond acceptors (Lipinski definition) is 5. The van der Waals surface area contributed by atoms with Crippen molar-refractivity contribution in [2.75, 3.05) is 25.1 Å². The lowest BCUT2D eigenvalue weighted by Gasteiger charge is -2.56. The third kappa shape index (κ3) is 2.28. The number of carboxylic acid groups (broad SMARTS) is 1. The molecule has 0 bridgehead atoms. The van der Waals surface area contributed by atoms with Crippen LogP contribution in [0.4, 0.5) is 5.82 Å². The van der Waals surface area contributed by atoms with Crippen molar-refractivity contribution in [1.29, 1.82) is 0 Å². The first-order chi connectivity index (χ1) is 10.1. The molecule has 0 unspecified atom stereocenters. The quantitative estimate of drug-likeness (QED) is 0.869. The molecule has 2 aliphatic rings. The Labute approximate surface area is 123 Å². The Bertz CT molecular complexity index is 540. The van der Waals surface area contributed by atoms with Gasteiger partial charge in [0.05, 0.1) is 12.2 Å². The number of aromatic nitrogens is 1. The van der Waals surface area contributed by atoms with Crippen LogP contribution in [0.3, 0.4) is 0 Å². The first kappa shape index (κ1) is 14.3. The number of hydrogen-bond donors (Lipinski definition) is 2. The van der Waals surface area contributed by atoms with Gasteiger partial charge in [0.2, 0.25) is 0 Å². The first-order valence-electron chi connectivity index (χ1n) is 7.23. The van der Waals surface area contributed by atoms with Crippen LogP contribution in [-0.2, 0) is 4.74 Å². The summed E-state index contributed by atoms with van der Waals surface area (Å²) in [7, 11) is 1.70. The third-order valence-electron chi connectivity index (χ3n) is 5.00. The van der Waals surface area contributed by atoms with Crippen molar-refractivity contribution in [1.82, 2.24) is 4.98 Å². The van der Waals surface area contributed by atoms with Gasteiger partial charge >= 0.3 is 5.97 Å². The molecule has 1 aromatic rings. The topological polar surface area (TPSA) is 82.9 Å². The highest BCUT2D eigenvalue weighted by Gasteiger charge is 2.55. The van der Waals surface area contributed by atoms with E-state index in [0.29, 0.717) is 12.2 Å². The molecule has 1 saturated carbocycles. The van der Waals surface area contributed by atoms with Crippen molar-refractivity contribution >= 4 is 11.8 Å². The van der Waals surface area contributed by atoms with E-state index in [9.17, 15) is 9.90 Å². The molecule has 0 amide bonds. The number of methoxy groups -OCH3 is 1. The second-order valence-corrected chi connectivity index (χ2v) is 5.88. The molecule has 21 heavy (non-hydrogen) atoms. The van der Waals surface area contributed by atoms with Crippen LogP contribution in [0.1, 0.15) is 29.8 Å². The van der Waals surface area contributed by atoms with Crippen LogP contribution in [0.5, 0.6) is 0 Å². The smallest absolute Gasteiger partial charge is 0.354 e. The van der Waals surface area contributed by atoms with E-state index in [1.165, 1.54) is 6.07 Å². The lowest BCUT2D eigenvalue weighted by molar-refractivity contribution is -0.190. The van der Waals surface area contributed by atoms with Crippen molar-refractivity contribution < 1.29 is 19.7 Å². The lowest BCUT2D eigenvalue weighted by atomic mass is 9.58. The average molecular weight is 292 g/mol. The molecule has 2 atom stereocenters. The zero-order chi connectivity index (χ0) is 15.0. The fraction of sp³-hybridized carbons (Fsp3) is 0.600. The average Bonchev–Trinajstić information content (AvgIpc) is 2.52. The molecule has 1 aromatic heterocycles. The van der Waals surface area contributed by atoms with Crippen LogP contribution in [0.15, 0.2) is 18.2 Å². The molecule has 2 N–H and O–H groups in total. The highest BCUT2D eigenvalue weighted by Crippen LogP contribution is 2.50. The van der Waals surface area contributed by atoms with Crippen LogP contribution in [-0.4, -0.2) is 53.6 Å². The van der Waals surface area contributed by atoms with E-state index in [4.69, 9.17) is 9.84 Å². The summed E-state index contributed by atoms with van der Waals surface area (Å²) in [5, 5.41) is 19.1. The molecule has 2 fully saturated rings. The number of aromatic carboxylic acids is 1. The maximum atomic E-state index is 11.0. The van der Waals surface area contributed by atoms with Crippen LogP contribution < -0.4 is 4.90 Å². The zero-order valence-corrected chi connectivity index (χ0v) is 12.0. The first-order valence-corrected chi connectivity index (χ1v) is 7.23. The second-order valence-electron chi connectivity index (χ2n) is 5.88. The number of carboxylic acids is 1. The molecule has 6 nitrogen and oxygen atoms in total. The Hall–Kier alpha value is -1.66. The van der Waals surface area contributed by atoms with Gasteiger partial charge in [0, 0.05) is 32.0 Å². The summed E-state index contributed by atoms with van der Waals surface area (Å²) in [6.07, 6.45) is 2.23. The largest absolute Gasteiger partial charge is 0.477 e. The van der Waals surface area contributed by atoms with Gasteiger partial charge in [-0.25, -0.2) is 9.78 Å². The van der Waals surface area contributed by atoms with Gasteiger partial charge < -0.3 is 19.8 Å². The van der Waals surface area contributed by atoms with Gasteiger partial charge in [-0.2, -0.15) is 0 Å². The van der Waals surface area contributed by atoms with Gasteiger partial charge in [-0.1, -0.05) is 6.07 Å². The summed E-state index contributed by atoms with van der Waals surface area (Å²) < 4.78 is 5.47. The summed E-state index contributed by atoms with van der Waals surface area (Å²) in [6, 6.07) is 5.04. The predicted octanol–water partition coefficient (Wildman–Crippen LogP) is 1.15. The number of aliphatic hydroxyl groups is 1. The number of pyridine rings is 1. The molecule has 2 heterocycles. The van der Waals surface area contributed by atoms with Crippen molar-refractivity contribution in [2.24, 2.45) is 5.41 Å². The third-order valence-corrected chi connectivity index (χ3v) is 5.00. The van der Waals surface area contributed by atoms with E-state index in [0.717, 1.165) is 25.9 Å². The maximum Gasteiger partial charge on any atom is 0.354 e. The maximum absolute atomic E-state index is 11.0. The predicted molar refractivity (Wildman–Crippen MR) is 76.5 cm³/mol. The molecular formula is C15H20N2O4.